The number of aromatic nitrogens is 2. The number of rotatable bonds is 2. The first-order chi connectivity index (χ1) is 8.58. The average molecular weight is 271 g/mol. The zero-order valence-electron chi connectivity index (χ0n) is 10.2. The van der Waals surface area contributed by atoms with Gasteiger partial charge in [-0.05, 0) is 36.8 Å². The summed E-state index contributed by atoms with van der Waals surface area (Å²) in [6, 6.07) is 0. The number of halogens is 1. The Morgan fingerprint density at radius 1 is 1.50 bits per heavy atom. The second-order valence-corrected chi connectivity index (χ2v) is 4.97. The molecule has 1 aliphatic rings. The van der Waals surface area contributed by atoms with Crippen LogP contribution in [0.25, 0.3) is 0 Å². The van der Waals surface area contributed by atoms with Crippen molar-refractivity contribution in [3.05, 3.63) is 21.6 Å². The van der Waals surface area contributed by atoms with E-state index in [-0.39, 0.29) is 11.0 Å². The highest BCUT2D eigenvalue weighted by Crippen LogP contribution is 2.29. The summed E-state index contributed by atoms with van der Waals surface area (Å²) in [5.41, 5.74) is -0.0750. The van der Waals surface area contributed by atoms with Gasteiger partial charge in [-0.15, -0.1) is 0 Å². The van der Waals surface area contributed by atoms with Crippen LogP contribution in [0.4, 0.5) is 11.5 Å². The van der Waals surface area contributed by atoms with E-state index in [4.69, 9.17) is 11.6 Å². The first-order valence-electron chi connectivity index (χ1n) is 6.00. The Bertz CT molecular complexity index is 455. The van der Waals surface area contributed by atoms with Gasteiger partial charge in [0, 0.05) is 13.1 Å². The molecule has 0 aliphatic carbocycles. The summed E-state index contributed by atoms with van der Waals surface area (Å²) in [5, 5.41) is 11.0. The van der Waals surface area contributed by atoms with Crippen LogP contribution in [0, 0.1) is 16.0 Å². The Labute approximate surface area is 110 Å². The van der Waals surface area contributed by atoms with Crippen LogP contribution in [-0.4, -0.2) is 28.0 Å². The van der Waals surface area contributed by atoms with E-state index in [2.05, 4.69) is 16.9 Å². The van der Waals surface area contributed by atoms with Crippen LogP contribution in [0.15, 0.2) is 6.20 Å². The maximum atomic E-state index is 11.0. The van der Waals surface area contributed by atoms with Crippen LogP contribution in [0.1, 0.15) is 26.2 Å². The van der Waals surface area contributed by atoms with Gasteiger partial charge in [0.05, 0.1) is 4.92 Å². The van der Waals surface area contributed by atoms with Crippen LogP contribution in [0.2, 0.25) is 5.28 Å². The minimum atomic E-state index is -0.458. The minimum Gasteiger partial charge on any atom is -0.351 e. The van der Waals surface area contributed by atoms with Crippen molar-refractivity contribution < 1.29 is 4.92 Å². The van der Waals surface area contributed by atoms with E-state index in [0.29, 0.717) is 11.7 Å². The fraction of sp³-hybridized carbons (Fsp3) is 0.636. The highest BCUT2D eigenvalue weighted by Gasteiger charge is 2.24. The van der Waals surface area contributed by atoms with Gasteiger partial charge in [0.2, 0.25) is 11.1 Å². The van der Waals surface area contributed by atoms with Crippen LogP contribution in [0.5, 0.6) is 0 Å². The third kappa shape index (κ3) is 2.87. The van der Waals surface area contributed by atoms with Gasteiger partial charge in [-0.3, -0.25) is 10.1 Å². The predicted molar refractivity (Wildman–Crippen MR) is 68.9 cm³/mol. The van der Waals surface area contributed by atoms with Crippen LogP contribution in [-0.2, 0) is 0 Å². The third-order valence-corrected chi connectivity index (χ3v) is 3.42. The SMILES string of the molecule is CC1CCCN(c2nc(Cl)ncc2[N+](=O)[O-])CC1. The largest absolute Gasteiger partial charge is 0.351 e. The van der Waals surface area contributed by atoms with Crippen molar-refractivity contribution in [1.82, 2.24) is 9.97 Å². The molecule has 7 heteroatoms. The number of nitrogens with zero attached hydrogens (tertiary/aromatic N) is 4. The monoisotopic (exact) mass is 270 g/mol. The van der Waals surface area contributed by atoms with Crippen molar-refractivity contribution in [2.75, 3.05) is 18.0 Å². The number of hydrogen-bond acceptors (Lipinski definition) is 5. The van der Waals surface area contributed by atoms with E-state index in [1.807, 2.05) is 4.90 Å². The highest BCUT2D eigenvalue weighted by molar-refractivity contribution is 6.28. The fourth-order valence-electron chi connectivity index (χ4n) is 2.18. The summed E-state index contributed by atoms with van der Waals surface area (Å²) >= 11 is 5.74. The lowest BCUT2D eigenvalue weighted by atomic mass is 10.0. The number of hydrogen-bond donors (Lipinski definition) is 0. The molecule has 0 aromatic carbocycles. The minimum absolute atomic E-state index is 0.0490. The molecule has 0 radical (unpaired) electrons. The third-order valence-electron chi connectivity index (χ3n) is 3.23. The van der Waals surface area contributed by atoms with Gasteiger partial charge in [-0.1, -0.05) is 6.92 Å². The maximum absolute atomic E-state index is 11.0. The standard InChI is InChI=1S/C11H15ClN4O2/c1-8-3-2-5-15(6-4-8)10-9(16(17)18)7-13-11(12)14-10/h7-8H,2-6H2,1H3. The van der Waals surface area contributed by atoms with Crippen LogP contribution >= 0.6 is 11.6 Å². The second kappa shape index (κ2) is 5.48. The van der Waals surface area contributed by atoms with Gasteiger partial charge in [0.25, 0.3) is 0 Å². The number of anilines is 1. The van der Waals surface area contributed by atoms with Crippen LogP contribution < -0.4 is 4.90 Å². The van der Waals surface area contributed by atoms with Crippen LogP contribution in [0.3, 0.4) is 0 Å². The van der Waals surface area contributed by atoms with E-state index >= 15 is 0 Å². The molecule has 2 rings (SSSR count). The fourth-order valence-corrected chi connectivity index (χ4v) is 2.31. The summed E-state index contributed by atoms with van der Waals surface area (Å²) < 4.78 is 0. The molecule has 6 nitrogen and oxygen atoms in total. The van der Waals surface area contributed by atoms with Gasteiger partial charge in [-0.2, -0.15) is 4.98 Å². The molecule has 18 heavy (non-hydrogen) atoms. The van der Waals surface area contributed by atoms with Gasteiger partial charge < -0.3 is 4.90 Å². The average Bonchev–Trinajstić information content (AvgIpc) is 2.53. The molecule has 1 aromatic rings. The van der Waals surface area contributed by atoms with Crippen molar-refractivity contribution in [2.24, 2.45) is 5.92 Å². The van der Waals surface area contributed by atoms with Crippen molar-refractivity contribution in [3.63, 3.8) is 0 Å². The molecule has 0 N–H and O–H groups in total. The topological polar surface area (TPSA) is 72.2 Å². The normalized spacial score (nSPS) is 20.6. The van der Waals surface area contributed by atoms with E-state index < -0.39 is 4.92 Å². The van der Waals surface area contributed by atoms with Gasteiger partial charge in [0.1, 0.15) is 6.20 Å². The molecule has 0 amide bonds. The summed E-state index contributed by atoms with van der Waals surface area (Å²) in [4.78, 5) is 20.2. The molecule has 0 spiro atoms. The Morgan fingerprint density at radius 2 is 2.28 bits per heavy atom. The molecule has 1 aromatic heterocycles. The van der Waals surface area contributed by atoms with E-state index in [0.717, 1.165) is 32.4 Å². The van der Waals surface area contributed by atoms with Gasteiger partial charge >= 0.3 is 5.69 Å². The molecule has 1 saturated heterocycles. The molecular weight excluding hydrogens is 256 g/mol. The Hall–Kier alpha value is -1.43. The molecule has 0 saturated carbocycles. The molecule has 98 valence electrons. The van der Waals surface area contributed by atoms with Crippen molar-refractivity contribution in [1.29, 1.82) is 0 Å². The van der Waals surface area contributed by atoms with Crippen molar-refractivity contribution in [2.45, 2.75) is 26.2 Å². The molecule has 1 atom stereocenters. The molecule has 1 aliphatic heterocycles. The number of nitro groups is 1. The zero-order valence-corrected chi connectivity index (χ0v) is 10.9. The van der Waals surface area contributed by atoms with E-state index in [1.54, 1.807) is 0 Å². The summed E-state index contributed by atoms with van der Waals surface area (Å²) in [6.07, 6.45) is 4.35. The first kappa shape index (κ1) is 13.0. The Kier molecular flexibility index (Phi) is 3.96. The summed E-state index contributed by atoms with van der Waals surface area (Å²) in [5.74, 6) is 0.987. The first-order valence-corrected chi connectivity index (χ1v) is 6.37. The van der Waals surface area contributed by atoms with Gasteiger partial charge in [-0.25, -0.2) is 4.98 Å². The molecule has 0 bridgehead atoms. The lowest BCUT2D eigenvalue weighted by Gasteiger charge is -2.20. The van der Waals surface area contributed by atoms with Crippen molar-refractivity contribution >= 4 is 23.1 Å². The highest BCUT2D eigenvalue weighted by atomic mass is 35.5. The predicted octanol–water partition coefficient (Wildman–Crippen LogP) is 2.66. The lowest BCUT2D eigenvalue weighted by molar-refractivity contribution is -0.384. The zero-order chi connectivity index (χ0) is 13.1. The van der Waals surface area contributed by atoms with E-state index in [1.165, 1.54) is 6.20 Å². The Morgan fingerprint density at radius 3 is 3.00 bits per heavy atom. The molecule has 1 unspecified atom stereocenters. The smallest absolute Gasteiger partial charge is 0.329 e. The second-order valence-electron chi connectivity index (χ2n) is 4.63. The van der Waals surface area contributed by atoms with E-state index in [9.17, 15) is 10.1 Å². The quantitative estimate of drug-likeness (QED) is 0.469. The van der Waals surface area contributed by atoms with Gasteiger partial charge in [0.15, 0.2) is 0 Å². The maximum Gasteiger partial charge on any atom is 0.329 e. The molecule has 2 heterocycles. The van der Waals surface area contributed by atoms with Crippen molar-refractivity contribution in [3.8, 4) is 0 Å². The molecule has 1 fully saturated rings. The summed E-state index contributed by atoms with van der Waals surface area (Å²) in [7, 11) is 0. The Balaban J connectivity index is 2.30. The summed E-state index contributed by atoms with van der Waals surface area (Å²) in [6.45, 7) is 3.75. The lowest BCUT2D eigenvalue weighted by Crippen LogP contribution is -2.26. The molecular formula is C11H15ClN4O2.